The van der Waals surface area contributed by atoms with Gasteiger partial charge in [-0.3, -0.25) is 4.98 Å². The number of rotatable bonds is 4. The van der Waals surface area contributed by atoms with Crippen LogP contribution in [-0.4, -0.2) is 20.8 Å². The van der Waals surface area contributed by atoms with Crippen LogP contribution in [0, 0.1) is 25.7 Å². The van der Waals surface area contributed by atoms with E-state index in [9.17, 15) is 5.11 Å². The van der Waals surface area contributed by atoms with Crippen LogP contribution in [0.5, 0.6) is 0 Å². The first kappa shape index (κ1) is 14.4. The topological polar surface area (TPSA) is 59.2 Å². The number of aryl methyl sites for hydroxylation is 2. The summed E-state index contributed by atoms with van der Waals surface area (Å²) in [4.78, 5) is 4.77. The van der Waals surface area contributed by atoms with E-state index in [1.165, 1.54) is 5.56 Å². The van der Waals surface area contributed by atoms with Crippen LogP contribution in [0.15, 0.2) is 22.9 Å². The molecular weight excluding hydrogens is 300 g/mol. The van der Waals surface area contributed by atoms with Gasteiger partial charge in [-0.05, 0) is 69.4 Å². The van der Waals surface area contributed by atoms with Crippen molar-refractivity contribution in [1.29, 1.82) is 0 Å². The van der Waals surface area contributed by atoms with Crippen molar-refractivity contribution in [3.8, 4) is 11.1 Å². The van der Waals surface area contributed by atoms with Gasteiger partial charge in [-0.1, -0.05) is 11.2 Å². The summed E-state index contributed by atoms with van der Waals surface area (Å²) in [6, 6.07) is 2.19. The van der Waals surface area contributed by atoms with Crippen LogP contribution >= 0.6 is 0 Å². The minimum Gasteiger partial charge on any atom is -0.385 e. The standard InChI is InChI=1S/C20H22N2O2/c1-11-18(12(2)24-22-11)14-9-13-3-8-17(19(13)21-10-14)20(23,15-4-5-15)16-6-7-16/h8-10,15-16,23H,3-7H2,1-2H3. The third-order valence-electron chi connectivity index (χ3n) is 5.90. The molecule has 2 fully saturated rings. The van der Waals surface area contributed by atoms with Gasteiger partial charge >= 0.3 is 0 Å². The van der Waals surface area contributed by atoms with Gasteiger partial charge in [0.1, 0.15) is 5.76 Å². The summed E-state index contributed by atoms with van der Waals surface area (Å²) in [5, 5.41) is 15.5. The molecule has 24 heavy (non-hydrogen) atoms. The monoisotopic (exact) mass is 322 g/mol. The Bertz CT molecular complexity index is 825. The maximum absolute atomic E-state index is 11.4. The molecule has 0 radical (unpaired) electrons. The molecule has 4 heteroatoms. The van der Waals surface area contributed by atoms with Crippen LogP contribution in [0.25, 0.3) is 16.7 Å². The fraction of sp³-hybridized carbons (Fsp3) is 0.500. The maximum Gasteiger partial charge on any atom is 0.141 e. The lowest BCUT2D eigenvalue weighted by atomic mass is 9.82. The van der Waals surface area contributed by atoms with Crippen molar-refractivity contribution in [2.45, 2.75) is 51.6 Å². The summed E-state index contributed by atoms with van der Waals surface area (Å²) in [5.74, 6) is 1.70. The Labute approximate surface area is 141 Å². The van der Waals surface area contributed by atoms with Gasteiger partial charge < -0.3 is 9.63 Å². The van der Waals surface area contributed by atoms with Gasteiger partial charge in [0.2, 0.25) is 0 Å². The molecular formula is C20H22N2O2. The molecule has 1 N–H and O–H groups in total. The van der Waals surface area contributed by atoms with Gasteiger partial charge in [-0.25, -0.2) is 0 Å². The molecule has 3 aliphatic carbocycles. The molecule has 4 nitrogen and oxygen atoms in total. The summed E-state index contributed by atoms with van der Waals surface area (Å²) in [6.07, 6.45) is 9.58. The van der Waals surface area contributed by atoms with Crippen LogP contribution in [0.1, 0.15) is 48.4 Å². The predicted molar refractivity (Wildman–Crippen MR) is 91.3 cm³/mol. The van der Waals surface area contributed by atoms with Gasteiger partial charge in [0.25, 0.3) is 0 Å². The van der Waals surface area contributed by atoms with Crippen LogP contribution in [-0.2, 0) is 6.42 Å². The molecule has 0 saturated heterocycles. The molecule has 0 bridgehead atoms. The summed E-state index contributed by atoms with van der Waals surface area (Å²) in [5.41, 5.74) is 5.66. The average Bonchev–Trinajstić information content (AvgIpc) is 3.48. The van der Waals surface area contributed by atoms with Gasteiger partial charge in [0, 0.05) is 22.9 Å². The second kappa shape index (κ2) is 4.79. The van der Waals surface area contributed by atoms with Crippen molar-refractivity contribution in [1.82, 2.24) is 10.1 Å². The van der Waals surface area contributed by atoms with E-state index in [0.29, 0.717) is 11.8 Å². The van der Waals surface area contributed by atoms with Crippen molar-refractivity contribution in [2.75, 3.05) is 0 Å². The molecule has 2 saturated carbocycles. The van der Waals surface area contributed by atoms with Crippen molar-refractivity contribution in [3.63, 3.8) is 0 Å². The second-order valence-electron chi connectivity index (χ2n) is 7.63. The largest absolute Gasteiger partial charge is 0.385 e. The number of nitrogens with zero attached hydrogens (tertiary/aromatic N) is 2. The van der Waals surface area contributed by atoms with Crippen molar-refractivity contribution in [3.05, 3.63) is 41.1 Å². The molecule has 0 unspecified atom stereocenters. The fourth-order valence-corrected chi connectivity index (χ4v) is 4.42. The average molecular weight is 322 g/mol. The lowest BCUT2D eigenvalue weighted by molar-refractivity contribution is 0.0550. The van der Waals surface area contributed by atoms with Gasteiger partial charge in [-0.15, -0.1) is 0 Å². The van der Waals surface area contributed by atoms with E-state index in [1.54, 1.807) is 0 Å². The maximum atomic E-state index is 11.4. The first-order valence-electron chi connectivity index (χ1n) is 8.94. The molecule has 0 spiro atoms. The van der Waals surface area contributed by atoms with Crippen molar-refractivity contribution >= 4 is 5.57 Å². The highest BCUT2D eigenvalue weighted by Gasteiger charge is 2.56. The van der Waals surface area contributed by atoms with Crippen molar-refractivity contribution in [2.24, 2.45) is 11.8 Å². The number of hydrogen-bond donors (Lipinski definition) is 1. The van der Waals surface area contributed by atoms with E-state index >= 15 is 0 Å². The Morgan fingerprint density at radius 3 is 2.46 bits per heavy atom. The number of fused-ring (bicyclic) bond motifs is 1. The van der Waals surface area contributed by atoms with E-state index in [4.69, 9.17) is 9.51 Å². The van der Waals surface area contributed by atoms with Crippen LogP contribution in [0.4, 0.5) is 0 Å². The Kier molecular flexibility index (Phi) is 2.88. The molecule has 124 valence electrons. The molecule has 0 atom stereocenters. The first-order valence-corrected chi connectivity index (χ1v) is 8.94. The van der Waals surface area contributed by atoms with Gasteiger partial charge in [0.15, 0.2) is 0 Å². The molecule has 2 aromatic rings. The Morgan fingerprint density at radius 1 is 1.17 bits per heavy atom. The van der Waals surface area contributed by atoms with Crippen LogP contribution in [0.2, 0.25) is 0 Å². The predicted octanol–water partition coefficient (Wildman–Crippen LogP) is 3.84. The summed E-state index contributed by atoms with van der Waals surface area (Å²) < 4.78 is 5.29. The minimum atomic E-state index is -0.636. The quantitative estimate of drug-likeness (QED) is 0.929. The Balaban J connectivity index is 1.55. The highest BCUT2D eigenvalue weighted by molar-refractivity contribution is 5.79. The second-order valence-corrected chi connectivity index (χ2v) is 7.63. The van der Waals surface area contributed by atoms with E-state index in [2.05, 4.69) is 17.3 Å². The number of aliphatic hydroxyl groups is 1. The van der Waals surface area contributed by atoms with Crippen LogP contribution < -0.4 is 0 Å². The van der Waals surface area contributed by atoms with Gasteiger partial charge in [-0.2, -0.15) is 0 Å². The smallest absolute Gasteiger partial charge is 0.141 e. The lowest BCUT2D eigenvalue weighted by Gasteiger charge is -2.30. The molecule has 3 aliphatic rings. The third kappa shape index (κ3) is 1.95. The SMILES string of the molecule is Cc1noc(C)c1-c1cnc2c(c1)CC=C2C(O)(C1CC1)C1CC1. The summed E-state index contributed by atoms with van der Waals surface area (Å²) >= 11 is 0. The Morgan fingerprint density at radius 2 is 1.88 bits per heavy atom. The number of allylic oxidation sites excluding steroid dienone is 1. The van der Waals surface area contributed by atoms with Gasteiger partial charge in [0.05, 0.1) is 17.0 Å². The molecule has 0 amide bonds. The highest BCUT2D eigenvalue weighted by Crippen LogP contribution is 2.58. The highest BCUT2D eigenvalue weighted by atomic mass is 16.5. The van der Waals surface area contributed by atoms with E-state index in [1.807, 2.05) is 20.0 Å². The zero-order chi connectivity index (χ0) is 16.5. The number of aromatic nitrogens is 2. The van der Waals surface area contributed by atoms with E-state index in [0.717, 1.165) is 66.0 Å². The Hall–Kier alpha value is -1.94. The zero-order valence-electron chi connectivity index (χ0n) is 14.2. The minimum absolute atomic E-state index is 0.436. The fourth-order valence-electron chi connectivity index (χ4n) is 4.42. The summed E-state index contributed by atoms with van der Waals surface area (Å²) in [7, 11) is 0. The molecule has 5 rings (SSSR count). The molecule has 2 heterocycles. The van der Waals surface area contributed by atoms with E-state index < -0.39 is 5.60 Å². The molecule has 0 aromatic carbocycles. The molecule has 0 aliphatic heterocycles. The number of pyridine rings is 1. The molecule has 2 aromatic heterocycles. The van der Waals surface area contributed by atoms with E-state index in [-0.39, 0.29) is 0 Å². The zero-order valence-corrected chi connectivity index (χ0v) is 14.2. The summed E-state index contributed by atoms with van der Waals surface area (Å²) in [6.45, 7) is 3.90. The number of hydrogen-bond acceptors (Lipinski definition) is 4. The lowest BCUT2D eigenvalue weighted by Crippen LogP contribution is -2.35. The normalized spacial score (nSPS) is 20.2. The van der Waals surface area contributed by atoms with Crippen LogP contribution in [0.3, 0.4) is 0 Å². The van der Waals surface area contributed by atoms with Crippen molar-refractivity contribution < 1.29 is 9.63 Å². The third-order valence-corrected chi connectivity index (χ3v) is 5.90. The first-order chi connectivity index (χ1) is 11.6.